The Labute approximate surface area is 211 Å². The van der Waals surface area contributed by atoms with Gasteiger partial charge in [-0.3, -0.25) is 19.5 Å². The third-order valence-corrected chi connectivity index (χ3v) is 7.17. The quantitative estimate of drug-likeness (QED) is 0.480. The second kappa shape index (κ2) is 11.3. The number of esters is 1. The third kappa shape index (κ3) is 6.66. The lowest BCUT2D eigenvalue weighted by molar-refractivity contribution is -0.152. The van der Waals surface area contributed by atoms with Gasteiger partial charge in [0.25, 0.3) is 5.91 Å². The highest BCUT2D eigenvalue weighted by Crippen LogP contribution is 2.34. The van der Waals surface area contributed by atoms with Crippen LogP contribution in [0.25, 0.3) is 0 Å². The summed E-state index contributed by atoms with van der Waals surface area (Å²) >= 11 is 4.77. The van der Waals surface area contributed by atoms with Crippen LogP contribution in [-0.4, -0.2) is 90.5 Å². The minimum Gasteiger partial charge on any atom is -0.468 e. The van der Waals surface area contributed by atoms with Crippen LogP contribution in [0.4, 0.5) is 4.79 Å². The van der Waals surface area contributed by atoms with Gasteiger partial charge in [-0.15, -0.1) is 11.3 Å². The molecule has 0 bridgehead atoms. The molecule has 0 aliphatic carbocycles. The largest absolute Gasteiger partial charge is 0.468 e. The molecule has 1 aromatic heterocycles. The molecule has 11 nitrogen and oxygen atoms in total. The first-order valence-corrected chi connectivity index (χ1v) is 12.7. The van der Waals surface area contributed by atoms with Crippen molar-refractivity contribution < 1.29 is 28.6 Å². The zero-order valence-electron chi connectivity index (χ0n) is 20.0. The summed E-state index contributed by atoms with van der Waals surface area (Å²) in [5, 5.41) is 6.66. The van der Waals surface area contributed by atoms with E-state index in [4.69, 9.17) is 14.2 Å². The van der Waals surface area contributed by atoms with Gasteiger partial charge < -0.3 is 19.5 Å². The minimum atomic E-state index is -1.02. The maximum Gasteiger partial charge on any atom is 0.408 e. The zero-order valence-corrected chi connectivity index (χ0v) is 22.4. The lowest BCUT2D eigenvalue weighted by Gasteiger charge is -2.46. The topological polar surface area (TPSA) is 122 Å². The molecule has 0 aromatic carbocycles. The molecule has 0 spiro atoms. The number of halogens is 1. The number of alkyl carbamates (subject to hydrolysis) is 1. The van der Waals surface area contributed by atoms with E-state index >= 15 is 0 Å². The number of hydrogen-bond acceptors (Lipinski definition) is 10. The number of likely N-dealkylation sites (tertiary alicyclic amines) is 1. The number of aromatic nitrogens is 1. The van der Waals surface area contributed by atoms with Gasteiger partial charge in [0.05, 0.1) is 19.3 Å². The molecule has 2 N–H and O–H groups in total. The van der Waals surface area contributed by atoms with Crippen molar-refractivity contribution in [3.05, 3.63) is 15.0 Å². The fourth-order valence-corrected chi connectivity index (χ4v) is 5.33. The highest BCUT2D eigenvalue weighted by atomic mass is 79.9. The monoisotopic (exact) mass is 561 g/mol. The van der Waals surface area contributed by atoms with Crippen molar-refractivity contribution in [2.75, 3.05) is 33.9 Å². The molecular weight excluding hydrogens is 530 g/mol. The molecule has 2 amide bonds. The normalized spacial score (nSPS) is 21.4. The van der Waals surface area contributed by atoms with Gasteiger partial charge in [0.15, 0.2) is 0 Å². The summed E-state index contributed by atoms with van der Waals surface area (Å²) in [4.78, 5) is 45.3. The van der Waals surface area contributed by atoms with E-state index < -0.39 is 41.7 Å². The number of rotatable bonds is 7. The molecule has 2 fully saturated rings. The van der Waals surface area contributed by atoms with Gasteiger partial charge in [0.1, 0.15) is 27.3 Å². The molecule has 0 unspecified atom stereocenters. The Hall–Kier alpha value is -1.80. The zero-order chi connectivity index (χ0) is 25.0. The van der Waals surface area contributed by atoms with Gasteiger partial charge in [-0.1, -0.05) is 0 Å². The molecule has 2 aliphatic rings. The Morgan fingerprint density at radius 3 is 2.56 bits per heavy atom. The summed E-state index contributed by atoms with van der Waals surface area (Å²) in [5.74, 6) is -0.836. The van der Waals surface area contributed by atoms with Crippen molar-refractivity contribution in [3.63, 3.8) is 0 Å². The van der Waals surface area contributed by atoms with E-state index in [0.29, 0.717) is 42.1 Å². The summed E-state index contributed by atoms with van der Waals surface area (Å²) in [6.07, 6.45) is 0.475. The summed E-state index contributed by atoms with van der Waals surface area (Å²) in [6, 6.07) is -2.21. The average molecular weight is 562 g/mol. The number of hydrogen-bond donors (Lipinski definition) is 2. The number of carbonyl (C=O) groups excluding carboxylic acids is 3. The average Bonchev–Trinajstić information content (AvgIpc) is 3.18. The Kier molecular flexibility index (Phi) is 8.90. The summed E-state index contributed by atoms with van der Waals surface area (Å²) in [6.45, 7) is 6.81. The third-order valence-electron chi connectivity index (χ3n) is 5.54. The highest BCUT2D eigenvalue weighted by Gasteiger charge is 2.45. The fraction of sp³-hybridized carbons (Fsp3) is 0.714. The standard InChI is InChI=1S/C21H32BrN5O6S/c1-21(2,3)33-20(30)24-15(18(28)27-8-6-7-13(25-27)19(29)32-5)16(17-23-14(22)11-34-17)26-9-12(10-26)31-4/h11-13,15-16,25H,6-10H2,1-5H3,(H,24,30)/t13-,15-,16-/m0/s1. The highest BCUT2D eigenvalue weighted by molar-refractivity contribution is 9.10. The van der Waals surface area contributed by atoms with Crippen LogP contribution in [-0.2, 0) is 23.8 Å². The predicted octanol–water partition coefficient (Wildman–Crippen LogP) is 1.84. The number of thiazole rings is 1. The fourth-order valence-electron chi connectivity index (χ4n) is 3.89. The molecule has 13 heteroatoms. The van der Waals surface area contributed by atoms with Crippen LogP contribution in [0.3, 0.4) is 0 Å². The first kappa shape index (κ1) is 26.8. The van der Waals surface area contributed by atoms with E-state index in [1.54, 1.807) is 27.9 Å². The Balaban J connectivity index is 1.91. The van der Waals surface area contributed by atoms with Gasteiger partial charge in [-0.2, -0.15) is 0 Å². The number of nitrogens with zero attached hydrogens (tertiary/aromatic N) is 3. The molecule has 2 aliphatic heterocycles. The van der Waals surface area contributed by atoms with Crippen molar-refractivity contribution in [2.24, 2.45) is 0 Å². The number of nitrogens with one attached hydrogen (secondary N) is 2. The van der Waals surface area contributed by atoms with Crippen molar-refractivity contribution in [2.45, 2.75) is 63.4 Å². The Morgan fingerprint density at radius 1 is 1.29 bits per heavy atom. The van der Waals surface area contributed by atoms with Gasteiger partial charge >= 0.3 is 12.1 Å². The lowest BCUT2D eigenvalue weighted by Crippen LogP contribution is -2.65. The van der Waals surface area contributed by atoms with Crippen LogP contribution < -0.4 is 10.7 Å². The predicted molar refractivity (Wildman–Crippen MR) is 128 cm³/mol. The first-order chi connectivity index (χ1) is 16.0. The lowest BCUT2D eigenvalue weighted by atomic mass is 9.99. The molecule has 3 atom stereocenters. The number of amides is 2. The molecule has 3 rings (SSSR count). The van der Waals surface area contributed by atoms with Crippen molar-refractivity contribution in [1.82, 2.24) is 25.6 Å². The maximum absolute atomic E-state index is 13.8. The maximum atomic E-state index is 13.8. The Morgan fingerprint density at radius 2 is 2.00 bits per heavy atom. The van der Waals surface area contributed by atoms with Crippen molar-refractivity contribution in [1.29, 1.82) is 0 Å². The Bertz CT molecular complexity index is 887. The van der Waals surface area contributed by atoms with E-state index in [1.807, 2.05) is 10.3 Å². The van der Waals surface area contributed by atoms with Crippen LogP contribution in [0.5, 0.6) is 0 Å². The summed E-state index contributed by atoms with van der Waals surface area (Å²) in [5.41, 5.74) is 2.22. The van der Waals surface area contributed by atoms with Crippen LogP contribution >= 0.6 is 27.3 Å². The smallest absolute Gasteiger partial charge is 0.408 e. The van der Waals surface area contributed by atoms with Crippen LogP contribution in [0.15, 0.2) is 9.98 Å². The number of hydrazine groups is 1. The molecule has 190 valence electrons. The number of methoxy groups -OCH3 is 2. The molecule has 1 aromatic rings. The van der Waals surface area contributed by atoms with Gasteiger partial charge in [-0.25, -0.2) is 15.2 Å². The van der Waals surface area contributed by atoms with E-state index in [9.17, 15) is 14.4 Å². The van der Waals surface area contributed by atoms with Crippen LogP contribution in [0, 0.1) is 0 Å². The molecule has 2 saturated heterocycles. The number of ether oxygens (including phenoxy) is 3. The minimum absolute atomic E-state index is 0.0278. The van der Waals surface area contributed by atoms with Crippen LogP contribution in [0.1, 0.15) is 44.7 Å². The molecular formula is C21H32BrN5O6S. The molecule has 0 saturated carbocycles. The van der Waals surface area contributed by atoms with Gasteiger partial charge in [0.2, 0.25) is 0 Å². The van der Waals surface area contributed by atoms with E-state index in [0.717, 1.165) is 0 Å². The molecule has 0 radical (unpaired) electrons. The van der Waals surface area contributed by atoms with Crippen LogP contribution in [0.2, 0.25) is 0 Å². The molecule has 3 heterocycles. The first-order valence-electron chi connectivity index (χ1n) is 11.0. The summed E-state index contributed by atoms with van der Waals surface area (Å²) in [7, 11) is 2.95. The second-order valence-corrected chi connectivity index (χ2v) is 10.9. The number of carbonyl (C=O) groups is 3. The van der Waals surface area contributed by atoms with Gasteiger partial charge in [-0.05, 0) is 49.5 Å². The second-order valence-electron chi connectivity index (χ2n) is 9.23. The van der Waals surface area contributed by atoms with Crippen molar-refractivity contribution >= 4 is 45.2 Å². The van der Waals surface area contributed by atoms with Crippen molar-refractivity contribution in [3.8, 4) is 0 Å². The van der Waals surface area contributed by atoms with Gasteiger partial charge in [0, 0.05) is 32.1 Å². The SMILES string of the molecule is COC(=O)[C@@H]1CCCN(C(=O)[C@@H](NC(=O)OC(C)(C)C)[C@@H](c2nc(Br)cs2)N2CC(OC)C2)N1. The van der Waals surface area contributed by atoms with E-state index in [2.05, 4.69) is 31.7 Å². The van der Waals surface area contributed by atoms with E-state index in [1.165, 1.54) is 23.5 Å². The van der Waals surface area contributed by atoms with E-state index in [-0.39, 0.29) is 6.10 Å². The summed E-state index contributed by atoms with van der Waals surface area (Å²) < 4.78 is 16.4. The molecule has 34 heavy (non-hydrogen) atoms.